The van der Waals surface area contributed by atoms with Crippen molar-refractivity contribution in [3.63, 3.8) is 0 Å². The van der Waals surface area contributed by atoms with Crippen molar-refractivity contribution in [3.8, 4) is 0 Å². The van der Waals surface area contributed by atoms with Gasteiger partial charge in [-0.25, -0.2) is 0 Å². The highest BCUT2D eigenvalue weighted by atomic mass is 35.5. The second-order valence-electron chi connectivity index (χ2n) is 4.27. The summed E-state index contributed by atoms with van der Waals surface area (Å²) in [6, 6.07) is 6.90. The number of rotatable bonds is 3. The lowest BCUT2D eigenvalue weighted by atomic mass is 10.2. The molecule has 1 aliphatic rings. The molecule has 3 heteroatoms. The third-order valence-corrected chi connectivity index (χ3v) is 3.43. The number of hydrogen-bond acceptors (Lipinski definition) is 1. The summed E-state index contributed by atoms with van der Waals surface area (Å²) >= 11 is 6.06. The zero-order valence-electron chi connectivity index (χ0n) is 9.09. The van der Waals surface area contributed by atoms with Crippen molar-refractivity contribution in [1.82, 2.24) is 0 Å². The summed E-state index contributed by atoms with van der Waals surface area (Å²) < 4.78 is 0. The molecule has 1 heterocycles. The van der Waals surface area contributed by atoms with E-state index in [1.54, 1.807) is 0 Å². The van der Waals surface area contributed by atoms with Gasteiger partial charge in [0.05, 0.1) is 13.1 Å². The van der Waals surface area contributed by atoms with Crippen LogP contribution >= 0.6 is 11.6 Å². The molecule has 0 radical (unpaired) electrons. The summed E-state index contributed by atoms with van der Waals surface area (Å²) in [5.41, 5.74) is 2.26. The monoisotopic (exact) mass is 225 g/mol. The van der Waals surface area contributed by atoms with Crippen LogP contribution in [0.5, 0.6) is 0 Å². The molecule has 0 unspecified atom stereocenters. The van der Waals surface area contributed by atoms with Crippen molar-refractivity contribution in [3.05, 3.63) is 28.8 Å². The van der Waals surface area contributed by atoms with Crippen LogP contribution in [0.15, 0.2) is 18.2 Å². The van der Waals surface area contributed by atoms with Gasteiger partial charge in [-0.2, -0.15) is 0 Å². The zero-order valence-corrected chi connectivity index (χ0v) is 9.85. The van der Waals surface area contributed by atoms with Crippen molar-refractivity contribution in [1.29, 1.82) is 0 Å². The van der Waals surface area contributed by atoms with E-state index in [9.17, 15) is 0 Å². The molecule has 1 aromatic rings. The number of aryl methyl sites for hydroxylation is 1. The van der Waals surface area contributed by atoms with Crippen LogP contribution in [0.3, 0.4) is 0 Å². The van der Waals surface area contributed by atoms with Gasteiger partial charge in [0, 0.05) is 23.6 Å². The van der Waals surface area contributed by atoms with E-state index in [1.165, 1.54) is 19.4 Å². The van der Waals surface area contributed by atoms with E-state index < -0.39 is 0 Å². The first-order valence-electron chi connectivity index (χ1n) is 5.59. The number of anilines is 1. The average molecular weight is 226 g/mol. The Hall–Kier alpha value is -0.730. The third kappa shape index (κ3) is 2.86. The van der Waals surface area contributed by atoms with Gasteiger partial charge in [0.1, 0.15) is 6.04 Å². The maximum Gasteiger partial charge on any atom is 0.104 e. The summed E-state index contributed by atoms with van der Waals surface area (Å²) in [4.78, 5) is 0. The molecular formula is C12H18ClN2+. The van der Waals surface area contributed by atoms with Crippen LogP contribution in [0.25, 0.3) is 0 Å². The van der Waals surface area contributed by atoms with Gasteiger partial charge in [0.2, 0.25) is 0 Å². The predicted octanol–water partition coefficient (Wildman–Crippen LogP) is 1.79. The molecule has 0 aliphatic carbocycles. The smallest absolute Gasteiger partial charge is 0.104 e. The van der Waals surface area contributed by atoms with Gasteiger partial charge >= 0.3 is 0 Å². The second-order valence-corrected chi connectivity index (χ2v) is 4.68. The highest BCUT2D eigenvalue weighted by Crippen LogP contribution is 2.19. The van der Waals surface area contributed by atoms with Crippen molar-refractivity contribution >= 4 is 17.3 Å². The van der Waals surface area contributed by atoms with E-state index in [0.717, 1.165) is 28.9 Å². The normalized spacial score (nSPS) is 20.5. The Labute approximate surface area is 96.0 Å². The Balaban J connectivity index is 1.90. The molecule has 1 atom stereocenters. The summed E-state index contributed by atoms with van der Waals surface area (Å²) in [5.74, 6) is 0. The Bertz CT molecular complexity index is 332. The van der Waals surface area contributed by atoms with Gasteiger partial charge in [-0.3, -0.25) is 0 Å². The molecular weight excluding hydrogens is 208 g/mol. The molecule has 2 rings (SSSR count). The van der Waals surface area contributed by atoms with Crippen LogP contribution in [0.4, 0.5) is 5.69 Å². The summed E-state index contributed by atoms with van der Waals surface area (Å²) in [6.07, 6.45) is 2.67. The van der Waals surface area contributed by atoms with E-state index in [-0.39, 0.29) is 0 Å². The molecule has 0 aromatic heterocycles. The summed E-state index contributed by atoms with van der Waals surface area (Å²) in [6.45, 7) is 4.34. The Morgan fingerprint density at radius 1 is 1.53 bits per heavy atom. The van der Waals surface area contributed by atoms with E-state index in [0.29, 0.717) is 0 Å². The highest BCUT2D eigenvalue weighted by Gasteiger charge is 2.17. The predicted molar refractivity (Wildman–Crippen MR) is 64.5 cm³/mol. The molecule has 0 amide bonds. The lowest BCUT2D eigenvalue weighted by molar-refractivity contribution is -0.666. The molecule has 1 fully saturated rings. The first-order valence-corrected chi connectivity index (χ1v) is 5.97. The van der Waals surface area contributed by atoms with Crippen LogP contribution in [0.1, 0.15) is 18.4 Å². The number of benzene rings is 1. The maximum absolute atomic E-state index is 6.06. The third-order valence-electron chi connectivity index (χ3n) is 3.02. The maximum atomic E-state index is 6.06. The molecule has 3 N–H and O–H groups in total. The van der Waals surface area contributed by atoms with E-state index in [1.807, 2.05) is 13.0 Å². The first-order chi connectivity index (χ1) is 7.25. The molecule has 2 nitrogen and oxygen atoms in total. The van der Waals surface area contributed by atoms with Crippen LogP contribution in [0.2, 0.25) is 5.02 Å². The fraction of sp³-hybridized carbons (Fsp3) is 0.500. The molecule has 82 valence electrons. The van der Waals surface area contributed by atoms with Crippen molar-refractivity contribution < 1.29 is 5.32 Å². The van der Waals surface area contributed by atoms with Crippen LogP contribution in [-0.2, 0) is 0 Å². The van der Waals surface area contributed by atoms with E-state index in [2.05, 4.69) is 22.8 Å². The standard InChI is InChI=1S/C12H17ClN2/c1-9-4-5-10(7-12(9)13)15-8-11-3-2-6-14-11/h4-5,7,11,14-15H,2-3,6,8H2,1H3/p+1/t11-/m1/s1. The van der Waals surface area contributed by atoms with Gasteiger partial charge in [-0.15, -0.1) is 0 Å². The van der Waals surface area contributed by atoms with Crippen LogP contribution < -0.4 is 10.6 Å². The number of nitrogens with one attached hydrogen (secondary N) is 1. The van der Waals surface area contributed by atoms with Gasteiger partial charge in [-0.05, 0) is 24.6 Å². The van der Waals surface area contributed by atoms with Crippen LogP contribution in [-0.4, -0.2) is 19.1 Å². The fourth-order valence-corrected chi connectivity index (χ4v) is 2.17. The van der Waals surface area contributed by atoms with E-state index in [4.69, 9.17) is 11.6 Å². The number of nitrogens with two attached hydrogens (primary N) is 1. The highest BCUT2D eigenvalue weighted by molar-refractivity contribution is 6.31. The first kappa shape index (κ1) is 10.8. The lowest BCUT2D eigenvalue weighted by Crippen LogP contribution is -2.87. The Kier molecular flexibility index (Phi) is 3.49. The van der Waals surface area contributed by atoms with Crippen LogP contribution in [0, 0.1) is 6.92 Å². The molecule has 1 aromatic carbocycles. The Morgan fingerprint density at radius 3 is 3.07 bits per heavy atom. The minimum absolute atomic E-state index is 0.741. The van der Waals surface area contributed by atoms with Gasteiger partial charge in [-0.1, -0.05) is 17.7 Å². The Morgan fingerprint density at radius 2 is 2.40 bits per heavy atom. The van der Waals surface area contributed by atoms with Gasteiger partial charge < -0.3 is 10.6 Å². The fourth-order valence-electron chi connectivity index (χ4n) is 1.99. The van der Waals surface area contributed by atoms with E-state index >= 15 is 0 Å². The van der Waals surface area contributed by atoms with Gasteiger partial charge in [0.25, 0.3) is 0 Å². The molecule has 0 saturated carbocycles. The minimum Gasteiger partial charge on any atom is -0.379 e. The molecule has 15 heavy (non-hydrogen) atoms. The molecule has 1 aliphatic heterocycles. The number of hydrogen-bond donors (Lipinski definition) is 2. The second kappa shape index (κ2) is 4.86. The minimum atomic E-state index is 0.741. The average Bonchev–Trinajstić information content (AvgIpc) is 2.73. The van der Waals surface area contributed by atoms with Crippen molar-refractivity contribution in [2.24, 2.45) is 0 Å². The summed E-state index contributed by atoms with van der Waals surface area (Å²) in [5, 5.41) is 6.70. The SMILES string of the molecule is Cc1ccc(NC[C@H]2CCC[NH2+]2)cc1Cl. The zero-order chi connectivity index (χ0) is 10.7. The number of quaternary nitrogens is 1. The van der Waals surface area contributed by atoms with Gasteiger partial charge in [0.15, 0.2) is 0 Å². The largest absolute Gasteiger partial charge is 0.379 e. The molecule has 1 saturated heterocycles. The quantitative estimate of drug-likeness (QED) is 0.807. The molecule has 0 spiro atoms. The van der Waals surface area contributed by atoms with Crippen molar-refractivity contribution in [2.45, 2.75) is 25.8 Å². The lowest BCUT2D eigenvalue weighted by Gasteiger charge is -2.10. The summed E-state index contributed by atoms with van der Waals surface area (Å²) in [7, 11) is 0. The van der Waals surface area contributed by atoms with Crippen molar-refractivity contribution in [2.75, 3.05) is 18.4 Å². The number of halogens is 1. The molecule has 0 bridgehead atoms. The topological polar surface area (TPSA) is 28.6 Å².